The van der Waals surface area contributed by atoms with Crippen LogP contribution in [0.3, 0.4) is 0 Å². The van der Waals surface area contributed by atoms with Crippen LogP contribution in [0, 0.1) is 6.92 Å². The molecule has 0 bridgehead atoms. The number of hydrogen-bond donors (Lipinski definition) is 1. The van der Waals surface area contributed by atoms with E-state index in [1.807, 2.05) is 0 Å². The van der Waals surface area contributed by atoms with Crippen molar-refractivity contribution in [2.45, 2.75) is 12.7 Å². The van der Waals surface area contributed by atoms with E-state index in [1.54, 1.807) is 23.9 Å². The zero-order valence-electron chi connectivity index (χ0n) is 15.6. The lowest BCUT2D eigenvalue weighted by Crippen LogP contribution is -2.25. The number of aryl methyl sites for hydroxylation is 1. The highest BCUT2D eigenvalue weighted by Crippen LogP contribution is 2.38. The minimum Gasteiger partial charge on any atom is -0.493 e. The first kappa shape index (κ1) is 20.0. The number of rotatable bonds is 9. The highest BCUT2D eigenvalue weighted by molar-refractivity contribution is 7.98. The molecular formula is C20H25NO4S. The predicted molar refractivity (Wildman–Crippen MR) is 106 cm³/mol. The Bertz CT molecular complexity index is 723. The van der Waals surface area contributed by atoms with E-state index in [-0.39, 0.29) is 5.91 Å². The molecule has 0 radical (unpaired) electrons. The van der Waals surface area contributed by atoms with Crippen LogP contribution in [0.2, 0.25) is 0 Å². The Morgan fingerprint density at radius 2 is 1.73 bits per heavy atom. The Kier molecular flexibility index (Phi) is 7.66. The first-order chi connectivity index (χ1) is 12.6. The van der Waals surface area contributed by atoms with Crippen LogP contribution < -0.4 is 19.5 Å². The molecule has 1 N–H and O–H groups in total. The zero-order valence-corrected chi connectivity index (χ0v) is 16.4. The Labute approximate surface area is 159 Å². The van der Waals surface area contributed by atoms with Gasteiger partial charge in [-0.2, -0.15) is 11.8 Å². The van der Waals surface area contributed by atoms with Gasteiger partial charge in [0.25, 0.3) is 5.91 Å². The fourth-order valence-electron chi connectivity index (χ4n) is 2.54. The minimum absolute atomic E-state index is 0.166. The molecule has 0 aliphatic heterocycles. The molecule has 0 aliphatic rings. The first-order valence-electron chi connectivity index (χ1n) is 8.30. The lowest BCUT2D eigenvalue weighted by atomic mass is 10.1. The summed E-state index contributed by atoms with van der Waals surface area (Å²) in [7, 11) is 4.59. The number of hydrogen-bond acceptors (Lipinski definition) is 5. The standard InChI is InChI=1S/C20H25NO4S/c1-14-6-5-7-15(10-14)13-26-9-8-21-20(22)16-11-17(23-2)19(25-4)18(12-16)24-3/h5-7,10-12H,8-9,13H2,1-4H3,(H,21,22). The summed E-state index contributed by atoms with van der Waals surface area (Å²) < 4.78 is 15.8. The molecule has 2 aromatic carbocycles. The van der Waals surface area contributed by atoms with Crippen LogP contribution in [0.25, 0.3) is 0 Å². The topological polar surface area (TPSA) is 56.8 Å². The van der Waals surface area contributed by atoms with Crippen LogP contribution in [-0.2, 0) is 5.75 Å². The third-order valence-corrected chi connectivity index (χ3v) is 4.84. The lowest BCUT2D eigenvalue weighted by molar-refractivity contribution is 0.0955. The summed E-state index contributed by atoms with van der Waals surface area (Å²) in [5.41, 5.74) is 3.04. The molecule has 0 aliphatic carbocycles. The molecule has 0 fully saturated rings. The maximum atomic E-state index is 12.4. The van der Waals surface area contributed by atoms with E-state index in [0.29, 0.717) is 29.4 Å². The maximum absolute atomic E-state index is 12.4. The fourth-order valence-corrected chi connectivity index (χ4v) is 3.35. The van der Waals surface area contributed by atoms with E-state index in [2.05, 4.69) is 36.5 Å². The molecule has 2 aromatic rings. The number of carbonyl (C=O) groups is 1. The molecule has 6 heteroatoms. The maximum Gasteiger partial charge on any atom is 0.251 e. The van der Waals surface area contributed by atoms with E-state index in [0.717, 1.165) is 11.5 Å². The van der Waals surface area contributed by atoms with E-state index in [4.69, 9.17) is 14.2 Å². The first-order valence-corrected chi connectivity index (χ1v) is 9.46. The summed E-state index contributed by atoms with van der Waals surface area (Å²) in [5, 5.41) is 2.93. The summed E-state index contributed by atoms with van der Waals surface area (Å²) in [6.45, 7) is 2.68. The Morgan fingerprint density at radius 3 is 2.31 bits per heavy atom. The van der Waals surface area contributed by atoms with Crippen molar-refractivity contribution < 1.29 is 19.0 Å². The number of amides is 1. The van der Waals surface area contributed by atoms with Crippen LogP contribution in [-0.4, -0.2) is 39.5 Å². The molecule has 26 heavy (non-hydrogen) atoms. The third kappa shape index (κ3) is 5.33. The summed E-state index contributed by atoms with van der Waals surface area (Å²) in [6.07, 6.45) is 0. The van der Waals surface area contributed by atoms with E-state index in [9.17, 15) is 4.79 Å². The van der Waals surface area contributed by atoms with Gasteiger partial charge in [-0.3, -0.25) is 4.79 Å². The van der Waals surface area contributed by atoms with Crippen molar-refractivity contribution in [2.24, 2.45) is 0 Å². The molecule has 140 valence electrons. The van der Waals surface area contributed by atoms with Crippen LogP contribution in [0.1, 0.15) is 21.5 Å². The van der Waals surface area contributed by atoms with Crippen LogP contribution in [0.4, 0.5) is 0 Å². The monoisotopic (exact) mass is 375 g/mol. The molecule has 0 spiro atoms. The Morgan fingerprint density at radius 1 is 1.04 bits per heavy atom. The number of ether oxygens (including phenoxy) is 3. The molecule has 5 nitrogen and oxygen atoms in total. The van der Waals surface area contributed by atoms with Gasteiger partial charge in [-0.1, -0.05) is 29.8 Å². The lowest BCUT2D eigenvalue weighted by Gasteiger charge is -2.14. The SMILES string of the molecule is COc1cc(C(=O)NCCSCc2cccc(C)c2)cc(OC)c1OC. The normalized spacial score (nSPS) is 10.3. The summed E-state index contributed by atoms with van der Waals surface area (Å²) in [5.74, 6) is 3.00. The van der Waals surface area contributed by atoms with Crippen molar-refractivity contribution >= 4 is 17.7 Å². The van der Waals surface area contributed by atoms with Gasteiger partial charge in [-0.15, -0.1) is 0 Å². The molecule has 2 rings (SSSR count). The second-order valence-corrected chi connectivity index (χ2v) is 6.82. The average Bonchev–Trinajstić information content (AvgIpc) is 2.66. The fraction of sp³-hybridized carbons (Fsp3) is 0.350. The number of thioether (sulfide) groups is 1. The smallest absolute Gasteiger partial charge is 0.251 e. The zero-order chi connectivity index (χ0) is 18.9. The van der Waals surface area contributed by atoms with Crippen LogP contribution in [0.5, 0.6) is 17.2 Å². The number of methoxy groups -OCH3 is 3. The van der Waals surface area contributed by atoms with Gasteiger partial charge in [0.15, 0.2) is 11.5 Å². The van der Waals surface area contributed by atoms with Crippen LogP contribution >= 0.6 is 11.8 Å². The molecule has 0 saturated heterocycles. The molecule has 0 saturated carbocycles. The summed E-state index contributed by atoms with van der Waals surface area (Å²) in [6, 6.07) is 11.8. The summed E-state index contributed by atoms with van der Waals surface area (Å²) >= 11 is 1.79. The molecule has 0 heterocycles. The van der Waals surface area contributed by atoms with Gasteiger partial charge < -0.3 is 19.5 Å². The molecular weight excluding hydrogens is 350 g/mol. The quantitative estimate of drug-likeness (QED) is 0.678. The number of carbonyl (C=O) groups excluding carboxylic acids is 1. The number of benzene rings is 2. The average molecular weight is 375 g/mol. The highest BCUT2D eigenvalue weighted by atomic mass is 32.2. The molecule has 0 aromatic heterocycles. The van der Waals surface area contributed by atoms with Crippen molar-refractivity contribution in [3.63, 3.8) is 0 Å². The minimum atomic E-state index is -0.166. The van der Waals surface area contributed by atoms with Crippen molar-refractivity contribution in [1.82, 2.24) is 5.32 Å². The van der Waals surface area contributed by atoms with E-state index >= 15 is 0 Å². The highest BCUT2D eigenvalue weighted by Gasteiger charge is 2.16. The third-order valence-electron chi connectivity index (χ3n) is 3.81. The van der Waals surface area contributed by atoms with Gasteiger partial charge in [-0.05, 0) is 24.6 Å². The van der Waals surface area contributed by atoms with E-state index in [1.165, 1.54) is 32.5 Å². The summed E-state index contributed by atoms with van der Waals surface area (Å²) in [4.78, 5) is 12.4. The van der Waals surface area contributed by atoms with Gasteiger partial charge in [0.1, 0.15) is 0 Å². The van der Waals surface area contributed by atoms with Gasteiger partial charge in [-0.25, -0.2) is 0 Å². The Hall–Kier alpha value is -2.34. The van der Waals surface area contributed by atoms with Crippen molar-refractivity contribution in [1.29, 1.82) is 0 Å². The Balaban J connectivity index is 1.87. The second-order valence-electron chi connectivity index (χ2n) is 5.71. The van der Waals surface area contributed by atoms with Gasteiger partial charge in [0, 0.05) is 23.6 Å². The van der Waals surface area contributed by atoms with Crippen LogP contribution in [0.15, 0.2) is 36.4 Å². The second kappa shape index (κ2) is 9.97. The largest absolute Gasteiger partial charge is 0.493 e. The molecule has 0 unspecified atom stereocenters. The van der Waals surface area contributed by atoms with Gasteiger partial charge in [0.2, 0.25) is 5.75 Å². The predicted octanol–water partition coefficient (Wildman–Crippen LogP) is 3.68. The van der Waals surface area contributed by atoms with Gasteiger partial charge >= 0.3 is 0 Å². The van der Waals surface area contributed by atoms with Crippen molar-refractivity contribution in [2.75, 3.05) is 33.6 Å². The number of nitrogens with one attached hydrogen (secondary N) is 1. The van der Waals surface area contributed by atoms with E-state index < -0.39 is 0 Å². The van der Waals surface area contributed by atoms with Crippen molar-refractivity contribution in [3.05, 3.63) is 53.1 Å². The van der Waals surface area contributed by atoms with Gasteiger partial charge in [0.05, 0.1) is 21.3 Å². The molecule has 1 amide bonds. The molecule has 0 atom stereocenters. The van der Waals surface area contributed by atoms with Crippen molar-refractivity contribution in [3.8, 4) is 17.2 Å².